The molecule has 0 radical (unpaired) electrons. The molecule has 0 saturated heterocycles. The first kappa shape index (κ1) is 15.0. The molecular weight excluding hydrogens is 291 g/mol. The Labute approximate surface area is 127 Å². The van der Waals surface area contributed by atoms with E-state index in [1.807, 2.05) is 6.07 Å². The minimum absolute atomic E-state index is 0.167. The summed E-state index contributed by atoms with van der Waals surface area (Å²) in [5, 5.41) is 11.8. The van der Waals surface area contributed by atoms with Gasteiger partial charge >= 0.3 is 0 Å². The molecule has 3 nitrogen and oxygen atoms in total. The van der Waals surface area contributed by atoms with Crippen molar-refractivity contribution in [3.8, 4) is 6.07 Å². The van der Waals surface area contributed by atoms with E-state index in [1.165, 1.54) is 18.2 Å². The summed E-state index contributed by atoms with van der Waals surface area (Å²) >= 11 is 5.89. The first-order chi connectivity index (χ1) is 10.1. The predicted molar refractivity (Wildman–Crippen MR) is 79.5 cm³/mol. The van der Waals surface area contributed by atoms with Crippen LogP contribution in [0, 0.1) is 17.1 Å². The topological polar surface area (TPSA) is 52.9 Å². The van der Waals surface area contributed by atoms with Crippen molar-refractivity contribution in [1.29, 1.82) is 5.26 Å². The molecule has 1 N–H and O–H groups in total. The molecule has 0 atom stereocenters. The van der Waals surface area contributed by atoms with Crippen LogP contribution in [0.5, 0.6) is 0 Å². The number of carbonyl (C=O) groups excluding carboxylic acids is 1. The summed E-state index contributed by atoms with van der Waals surface area (Å²) in [6.45, 7) is 0. The Morgan fingerprint density at radius 3 is 2.57 bits per heavy atom. The molecular formula is C16H12ClFN2O. The van der Waals surface area contributed by atoms with Crippen LogP contribution in [0.15, 0.2) is 42.5 Å². The molecule has 0 heterocycles. The van der Waals surface area contributed by atoms with Gasteiger partial charge in [-0.25, -0.2) is 4.39 Å². The SMILES string of the molecule is N#Cc1ccc(NC(=O)CCc2ccc(F)cc2)cc1Cl. The molecule has 0 fully saturated rings. The Hall–Kier alpha value is -2.38. The molecule has 1 amide bonds. The van der Waals surface area contributed by atoms with E-state index in [4.69, 9.17) is 16.9 Å². The molecule has 5 heteroatoms. The molecule has 21 heavy (non-hydrogen) atoms. The van der Waals surface area contributed by atoms with Gasteiger partial charge in [0.05, 0.1) is 10.6 Å². The third-order valence-electron chi connectivity index (χ3n) is 2.93. The lowest BCUT2D eigenvalue weighted by Crippen LogP contribution is -2.12. The lowest BCUT2D eigenvalue weighted by atomic mass is 10.1. The lowest BCUT2D eigenvalue weighted by molar-refractivity contribution is -0.116. The summed E-state index contributed by atoms with van der Waals surface area (Å²) in [6.07, 6.45) is 0.805. The van der Waals surface area contributed by atoms with Gasteiger partial charge < -0.3 is 5.32 Å². The van der Waals surface area contributed by atoms with Crippen molar-refractivity contribution in [3.05, 3.63) is 64.4 Å². The number of nitriles is 1. The first-order valence-electron chi connectivity index (χ1n) is 6.32. The second-order valence-corrected chi connectivity index (χ2v) is 4.89. The molecule has 0 unspecified atom stereocenters. The number of nitrogens with one attached hydrogen (secondary N) is 1. The highest BCUT2D eigenvalue weighted by Gasteiger charge is 2.06. The quantitative estimate of drug-likeness (QED) is 0.930. The fourth-order valence-electron chi connectivity index (χ4n) is 1.82. The minimum atomic E-state index is -0.296. The third kappa shape index (κ3) is 4.30. The van der Waals surface area contributed by atoms with Crippen LogP contribution < -0.4 is 5.32 Å². The Morgan fingerprint density at radius 2 is 1.95 bits per heavy atom. The van der Waals surface area contributed by atoms with Gasteiger partial charge in [-0.2, -0.15) is 5.26 Å². The number of carbonyl (C=O) groups is 1. The van der Waals surface area contributed by atoms with Crippen LogP contribution >= 0.6 is 11.6 Å². The van der Waals surface area contributed by atoms with Crippen LogP contribution in [0.3, 0.4) is 0 Å². The number of halogens is 2. The second kappa shape index (κ2) is 6.87. The zero-order valence-electron chi connectivity index (χ0n) is 11.1. The van der Waals surface area contributed by atoms with Gasteiger partial charge in [0.25, 0.3) is 0 Å². The lowest BCUT2D eigenvalue weighted by Gasteiger charge is -2.06. The largest absolute Gasteiger partial charge is 0.326 e. The Bertz CT molecular complexity index is 692. The molecule has 2 rings (SSSR count). The maximum atomic E-state index is 12.8. The second-order valence-electron chi connectivity index (χ2n) is 4.48. The molecule has 0 aromatic heterocycles. The van der Waals surface area contributed by atoms with Crippen molar-refractivity contribution in [2.45, 2.75) is 12.8 Å². The number of benzene rings is 2. The molecule has 106 valence electrons. The molecule has 0 saturated carbocycles. The highest BCUT2D eigenvalue weighted by Crippen LogP contribution is 2.20. The van der Waals surface area contributed by atoms with Crippen LogP contribution in [0.25, 0.3) is 0 Å². The highest BCUT2D eigenvalue weighted by atomic mass is 35.5. The van der Waals surface area contributed by atoms with Gasteiger partial charge in [0, 0.05) is 12.1 Å². The fourth-order valence-corrected chi connectivity index (χ4v) is 2.04. The summed E-state index contributed by atoms with van der Waals surface area (Å²) < 4.78 is 12.8. The Morgan fingerprint density at radius 1 is 1.24 bits per heavy atom. The van der Waals surface area contributed by atoms with Crippen LogP contribution in [0.2, 0.25) is 5.02 Å². The van der Waals surface area contributed by atoms with E-state index in [2.05, 4.69) is 5.32 Å². The summed E-state index contributed by atoms with van der Waals surface area (Å²) in [7, 11) is 0. The van der Waals surface area contributed by atoms with Crippen LogP contribution in [0.4, 0.5) is 10.1 Å². The number of hydrogen-bond donors (Lipinski definition) is 1. The predicted octanol–water partition coefficient (Wildman–Crippen LogP) is 3.92. The number of amides is 1. The van der Waals surface area contributed by atoms with E-state index in [1.54, 1.807) is 24.3 Å². The van der Waals surface area contributed by atoms with Gasteiger partial charge in [-0.05, 0) is 42.3 Å². The normalized spacial score (nSPS) is 9.95. The van der Waals surface area contributed by atoms with Crippen LogP contribution in [-0.2, 0) is 11.2 Å². The number of hydrogen-bond acceptors (Lipinski definition) is 2. The monoisotopic (exact) mass is 302 g/mol. The molecule has 0 bridgehead atoms. The first-order valence-corrected chi connectivity index (χ1v) is 6.70. The molecule has 0 aliphatic heterocycles. The van der Waals surface area contributed by atoms with Gasteiger partial charge in [-0.3, -0.25) is 4.79 Å². The van der Waals surface area contributed by atoms with E-state index < -0.39 is 0 Å². The summed E-state index contributed by atoms with van der Waals surface area (Å²) in [4.78, 5) is 11.8. The zero-order chi connectivity index (χ0) is 15.2. The van der Waals surface area contributed by atoms with E-state index in [0.717, 1.165) is 5.56 Å². The minimum Gasteiger partial charge on any atom is -0.326 e. The molecule has 2 aromatic rings. The Kier molecular flexibility index (Phi) is 4.91. The van der Waals surface area contributed by atoms with Crippen molar-refractivity contribution in [3.63, 3.8) is 0 Å². The van der Waals surface area contributed by atoms with Crippen molar-refractivity contribution >= 4 is 23.2 Å². The van der Waals surface area contributed by atoms with Gasteiger partial charge in [0.15, 0.2) is 0 Å². The molecule has 0 spiro atoms. The zero-order valence-corrected chi connectivity index (χ0v) is 11.8. The smallest absolute Gasteiger partial charge is 0.224 e. The number of rotatable bonds is 4. The van der Waals surface area contributed by atoms with Crippen molar-refractivity contribution in [1.82, 2.24) is 0 Å². The number of aryl methyl sites for hydroxylation is 1. The van der Waals surface area contributed by atoms with Gasteiger partial charge in [0.2, 0.25) is 5.91 Å². The molecule has 0 aliphatic carbocycles. The van der Waals surface area contributed by atoms with Crippen LogP contribution in [-0.4, -0.2) is 5.91 Å². The molecule has 0 aliphatic rings. The Balaban J connectivity index is 1.91. The van der Waals surface area contributed by atoms with Crippen LogP contribution in [0.1, 0.15) is 17.5 Å². The summed E-state index contributed by atoms with van der Waals surface area (Å²) in [5.74, 6) is -0.462. The van der Waals surface area contributed by atoms with Gasteiger partial charge in [-0.1, -0.05) is 23.7 Å². The van der Waals surface area contributed by atoms with Gasteiger partial charge in [0.1, 0.15) is 11.9 Å². The summed E-state index contributed by atoms with van der Waals surface area (Å²) in [5.41, 5.74) is 1.80. The van der Waals surface area contributed by atoms with E-state index in [9.17, 15) is 9.18 Å². The van der Waals surface area contributed by atoms with Crippen molar-refractivity contribution < 1.29 is 9.18 Å². The average molecular weight is 303 g/mol. The standard InChI is InChI=1S/C16H12ClFN2O/c17-15-9-14(7-4-12(15)10-19)20-16(21)8-3-11-1-5-13(18)6-2-11/h1-2,4-7,9H,3,8H2,(H,20,21). The summed E-state index contributed by atoms with van der Waals surface area (Å²) in [6, 6.07) is 12.7. The van der Waals surface area contributed by atoms with Gasteiger partial charge in [-0.15, -0.1) is 0 Å². The van der Waals surface area contributed by atoms with E-state index in [0.29, 0.717) is 22.7 Å². The van der Waals surface area contributed by atoms with Crippen molar-refractivity contribution in [2.75, 3.05) is 5.32 Å². The maximum absolute atomic E-state index is 12.8. The van der Waals surface area contributed by atoms with E-state index in [-0.39, 0.29) is 18.1 Å². The molecule has 2 aromatic carbocycles. The van der Waals surface area contributed by atoms with Crippen molar-refractivity contribution in [2.24, 2.45) is 0 Å². The third-order valence-corrected chi connectivity index (χ3v) is 3.24. The fraction of sp³-hybridized carbons (Fsp3) is 0.125. The number of nitrogens with zero attached hydrogens (tertiary/aromatic N) is 1. The van der Waals surface area contributed by atoms with E-state index >= 15 is 0 Å². The highest BCUT2D eigenvalue weighted by molar-refractivity contribution is 6.32. The maximum Gasteiger partial charge on any atom is 0.224 e. The average Bonchev–Trinajstić information content (AvgIpc) is 2.47. The number of anilines is 1.